The molecule has 0 aliphatic heterocycles. The fraction of sp³-hybridized carbons (Fsp3) is 0.429. The number of nitrogens with zero attached hydrogens (tertiary/aromatic N) is 1. The number of rotatable bonds is 9. The molecule has 0 fully saturated rings. The molecule has 0 saturated carbocycles. The van der Waals surface area contributed by atoms with Gasteiger partial charge in [-0.05, 0) is 43.9 Å². The molecule has 6 heteroatoms. The summed E-state index contributed by atoms with van der Waals surface area (Å²) in [7, 11) is 0. The van der Waals surface area contributed by atoms with E-state index in [9.17, 15) is 4.79 Å². The van der Waals surface area contributed by atoms with Crippen LogP contribution in [-0.4, -0.2) is 24.6 Å². The second-order valence-corrected chi connectivity index (χ2v) is 7.84. The summed E-state index contributed by atoms with van der Waals surface area (Å²) in [5.41, 5.74) is 2.99. The van der Waals surface area contributed by atoms with Crippen molar-refractivity contribution in [1.82, 2.24) is 5.32 Å². The van der Waals surface area contributed by atoms with Crippen LogP contribution in [-0.2, 0) is 4.79 Å². The summed E-state index contributed by atoms with van der Waals surface area (Å²) in [5.74, 6) is 1.02. The molecule has 1 unspecified atom stereocenters. The number of carbonyl (C=O) groups is 1. The van der Waals surface area contributed by atoms with E-state index in [4.69, 9.17) is 10.00 Å². The molecule has 0 aliphatic rings. The van der Waals surface area contributed by atoms with Gasteiger partial charge in [-0.2, -0.15) is 5.26 Å². The van der Waals surface area contributed by atoms with Gasteiger partial charge in [0.25, 0.3) is 0 Å². The lowest BCUT2D eigenvalue weighted by atomic mass is 10.0. The fourth-order valence-electron chi connectivity index (χ4n) is 2.78. The predicted molar refractivity (Wildman–Crippen MR) is 111 cm³/mol. The number of benzene rings is 1. The number of hydrogen-bond donors (Lipinski definition) is 2. The molecule has 0 saturated heterocycles. The van der Waals surface area contributed by atoms with Crippen LogP contribution in [0.15, 0.2) is 35.0 Å². The minimum Gasteiger partial charge on any atom is -0.491 e. The molecule has 0 radical (unpaired) electrons. The number of carbonyl (C=O) groups excluding carboxylic acids is 1. The molecule has 0 aliphatic carbocycles. The highest BCUT2D eigenvalue weighted by atomic mass is 32.1. The second kappa shape index (κ2) is 9.98. The molecule has 27 heavy (non-hydrogen) atoms. The van der Waals surface area contributed by atoms with E-state index in [2.05, 4.69) is 29.9 Å². The summed E-state index contributed by atoms with van der Waals surface area (Å²) >= 11 is 1.58. The zero-order valence-electron chi connectivity index (χ0n) is 16.3. The van der Waals surface area contributed by atoms with Gasteiger partial charge >= 0.3 is 0 Å². The Hall–Kier alpha value is -2.52. The summed E-state index contributed by atoms with van der Waals surface area (Å²) in [5, 5.41) is 18.8. The highest BCUT2D eigenvalue weighted by molar-refractivity contribution is 7.08. The van der Waals surface area contributed by atoms with Gasteiger partial charge in [0.1, 0.15) is 18.3 Å². The van der Waals surface area contributed by atoms with Crippen molar-refractivity contribution in [3.8, 4) is 22.9 Å². The zero-order chi connectivity index (χ0) is 19.8. The predicted octanol–water partition coefficient (Wildman–Crippen LogP) is 4.67. The first-order valence-electron chi connectivity index (χ1n) is 9.15. The second-order valence-electron chi connectivity index (χ2n) is 7.10. The van der Waals surface area contributed by atoms with Gasteiger partial charge in [-0.15, -0.1) is 11.3 Å². The Balaban J connectivity index is 2.23. The minimum absolute atomic E-state index is 0.0141. The highest BCUT2D eigenvalue weighted by Gasteiger charge is 2.21. The lowest BCUT2D eigenvalue weighted by molar-refractivity contribution is -0.121. The van der Waals surface area contributed by atoms with E-state index < -0.39 is 0 Å². The number of anilines is 1. The summed E-state index contributed by atoms with van der Waals surface area (Å²) in [6.07, 6.45) is 0.794. The van der Waals surface area contributed by atoms with Crippen LogP contribution >= 0.6 is 11.3 Å². The molecule has 1 amide bonds. The first-order valence-corrected chi connectivity index (χ1v) is 10.1. The van der Waals surface area contributed by atoms with E-state index in [1.807, 2.05) is 49.6 Å². The number of nitrogens with one attached hydrogen (secondary N) is 2. The molecular formula is C21H27N3O2S. The van der Waals surface area contributed by atoms with Crippen molar-refractivity contribution in [2.75, 3.05) is 11.9 Å². The van der Waals surface area contributed by atoms with Gasteiger partial charge in [-0.3, -0.25) is 4.79 Å². The Labute approximate surface area is 165 Å². The van der Waals surface area contributed by atoms with Crippen LogP contribution in [0.3, 0.4) is 0 Å². The number of hydrogen-bond acceptors (Lipinski definition) is 5. The molecule has 1 heterocycles. The average Bonchev–Trinajstić information content (AvgIpc) is 3.06. The maximum atomic E-state index is 12.4. The van der Waals surface area contributed by atoms with E-state index in [0.717, 1.165) is 22.6 Å². The summed E-state index contributed by atoms with van der Waals surface area (Å²) in [6, 6.07) is 9.53. The van der Waals surface area contributed by atoms with Gasteiger partial charge in [0.2, 0.25) is 5.91 Å². The third kappa shape index (κ3) is 6.30. The zero-order valence-corrected chi connectivity index (χ0v) is 17.1. The van der Waals surface area contributed by atoms with Gasteiger partial charge in [0, 0.05) is 16.3 Å². The Morgan fingerprint density at radius 2 is 2.04 bits per heavy atom. The van der Waals surface area contributed by atoms with Crippen LogP contribution in [0.5, 0.6) is 5.75 Å². The van der Waals surface area contributed by atoms with Gasteiger partial charge in [-0.25, -0.2) is 0 Å². The third-order valence-corrected chi connectivity index (χ3v) is 4.62. The quantitative estimate of drug-likeness (QED) is 0.615. The summed E-state index contributed by atoms with van der Waals surface area (Å²) in [4.78, 5) is 12.4. The average molecular weight is 386 g/mol. The number of nitriles is 1. The van der Waals surface area contributed by atoms with E-state index in [1.165, 1.54) is 0 Å². The molecule has 1 atom stereocenters. The molecule has 1 aromatic heterocycles. The molecule has 2 rings (SSSR count). The van der Waals surface area contributed by atoms with E-state index >= 15 is 0 Å². The molecule has 2 N–H and O–H groups in total. The first-order chi connectivity index (χ1) is 12.9. The Morgan fingerprint density at radius 1 is 1.26 bits per heavy atom. The monoisotopic (exact) mass is 385 g/mol. The fourth-order valence-corrected chi connectivity index (χ4v) is 3.58. The number of ether oxygens (including phenoxy) is 1. The van der Waals surface area contributed by atoms with Crippen molar-refractivity contribution in [2.45, 2.75) is 46.3 Å². The standard InChI is InChI=1S/C21H27N3O2S/c1-14(2)10-19(21(25)23-9-8-22)24-20-13-27-12-18(20)16-6-5-7-17(11-16)26-15(3)4/h5-7,11-15,19,24H,9-10H2,1-4H3,(H,23,25). The van der Waals surface area contributed by atoms with Gasteiger partial charge in [0.05, 0.1) is 17.9 Å². The lowest BCUT2D eigenvalue weighted by Gasteiger charge is -2.21. The van der Waals surface area contributed by atoms with E-state index in [1.54, 1.807) is 11.3 Å². The van der Waals surface area contributed by atoms with Crippen LogP contribution < -0.4 is 15.4 Å². The van der Waals surface area contributed by atoms with Crippen LogP contribution in [0.2, 0.25) is 0 Å². The topological polar surface area (TPSA) is 74.2 Å². The third-order valence-electron chi connectivity index (χ3n) is 3.87. The van der Waals surface area contributed by atoms with Crippen LogP contribution in [0.1, 0.15) is 34.1 Å². The molecule has 144 valence electrons. The van der Waals surface area contributed by atoms with E-state index in [-0.39, 0.29) is 24.6 Å². The SMILES string of the molecule is CC(C)CC(Nc1cscc1-c1cccc(OC(C)C)c1)C(=O)NCC#N. The molecule has 0 spiro atoms. The smallest absolute Gasteiger partial charge is 0.243 e. The molecule has 1 aromatic carbocycles. The molecule has 0 bridgehead atoms. The van der Waals surface area contributed by atoms with Gasteiger partial charge < -0.3 is 15.4 Å². The Kier molecular flexibility index (Phi) is 7.68. The van der Waals surface area contributed by atoms with Crippen LogP contribution in [0, 0.1) is 17.2 Å². The normalized spacial score (nSPS) is 11.9. The van der Waals surface area contributed by atoms with Crippen LogP contribution in [0.4, 0.5) is 5.69 Å². The van der Waals surface area contributed by atoms with Crippen LogP contribution in [0.25, 0.3) is 11.1 Å². The summed E-state index contributed by atoms with van der Waals surface area (Å²) in [6.45, 7) is 8.17. The minimum atomic E-state index is -0.387. The highest BCUT2D eigenvalue weighted by Crippen LogP contribution is 2.34. The molecular weight excluding hydrogens is 358 g/mol. The van der Waals surface area contributed by atoms with Crippen molar-refractivity contribution in [3.63, 3.8) is 0 Å². The summed E-state index contributed by atoms with van der Waals surface area (Å²) < 4.78 is 5.80. The van der Waals surface area contributed by atoms with Crippen molar-refractivity contribution in [2.24, 2.45) is 5.92 Å². The van der Waals surface area contributed by atoms with Crippen molar-refractivity contribution in [3.05, 3.63) is 35.0 Å². The Morgan fingerprint density at radius 3 is 2.70 bits per heavy atom. The molecule has 5 nitrogen and oxygen atoms in total. The largest absolute Gasteiger partial charge is 0.491 e. The Bertz CT molecular complexity index is 793. The lowest BCUT2D eigenvalue weighted by Crippen LogP contribution is -2.40. The molecule has 2 aromatic rings. The first kappa shape index (κ1) is 20.8. The van der Waals surface area contributed by atoms with Crippen molar-refractivity contribution >= 4 is 22.9 Å². The maximum absolute atomic E-state index is 12.4. The number of amides is 1. The van der Waals surface area contributed by atoms with Crippen molar-refractivity contribution in [1.29, 1.82) is 5.26 Å². The maximum Gasteiger partial charge on any atom is 0.243 e. The number of thiophene rings is 1. The van der Waals surface area contributed by atoms with E-state index in [0.29, 0.717) is 12.3 Å². The van der Waals surface area contributed by atoms with Crippen molar-refractivity contribution < 1.29 is 9.53 Å². The van der Waals surface area contributed by atoms with Gasteiger partial charge in [0.15, 0.2) is 0 Å². The van der Waals surface area contributed by atoms with Gasteiger partial charge in [-0.1, -0.05) is 26.0 Å².